The third-order valence-electron chi connectivity index (χ3n) is 4.67. The molecule has 2 heterocycles. The van der Waals surface area contributed by atoms with Crippen LogP contribution in [0.1, 0.15) is 25.7 Å². The second-order valence-electron chi connectivity index (χ2n) is 6.68. The first kappa shape index (κ1) is 20.1. The van der Waals surface area contributed by atoms with Gasteiger partial charge in [0.25, 0.3) is 5.91 Å². The first-order valence-electron chi connectivity index (χ1n) is 9.17. The normalized spacial score (nSPS) is 11.0. The molecule has 0 unspecified atom stereocenters. The van der Waals surface area contributed by atoms with E-state index in [9.17, 15) is 14.4 Å². The summed E-state index contributed by atoms with van der Waals surface area (Å²) in [6.45, 7) is 1.04. The van der Waals surface area contributed by atoms with Gasteiger partial charge in [-0.15, -0.1) is 11.3 Å². The molecule has 0 saturated heterocycles. The average molecular weight is 441 g/mol. The highest BCUT2D eigenvalue weighted by atomic mass is 35.5. The van der Waals surface area contributed by atoms with Crippen LogP contribution < -0.4 is 5.32 Å². The lowest BCUT2D eigenvalue weighted by atomic mass is 10.1. The summed E-state index contributed by atoms with van der Waals surface area (Å²) in [6, 6.07) is 14.8. The lowest BCUT2D eigenvalue weighted by Gasteiger charge is -2.06. The molecule has 1 amide bonds. The first-order valence-corrected chi connectivity index (χ1v) is 10.4. The van der Waals surface area contributed by atoms with Crippen LogP contribution in [0.2, 0.25) is 5.02 Å². The number of aryl methyl sites for hydroxylation is 1. The van der Waals surface area contributed by atoms with Gasteiger partial charge in [0.2, 0.25) is 5.78 Å². The van der Waals surface area contributed by atoms with E-state index in [2.05, 4.69) is 10.3 Å². The Hall–Kier alpha value is -3.16. The number of H-pyrrole nitrogens is 1. The number of esters is 1. The number of hydrogen-bond donors (Lipinski definition) is 2. The highest BCUT2D eigenvalue weighted by Gasteiger charge is 2.20. The zero-order valence-corrected chi connectivity index (χ0v) is 17.5. The van der Waals surface area contributed by atoms with Gasteiger partial charge in [0.05, 0.1) is 5.02 Å². The minimum atomic E-state index is -0.702. The summed E-state index contributed by atoms with van der Waals surface area (Å²) in [5.74, 6) is -1.47. The summed E-state index contributed by atoms with van der Waals surface area (Å²) in [5, 5.41) is 4.42. The number of amides is 1. The van der Waals surface area contributed by atoms with E-state index in [-0.39, 0.29) is 12.3 Å². The summed E-state index contributed by atoms with van der Waals surface area (Å²) in [6.07, 6.45) is 0. The van der Waals surface area contributed by atoms with Crippen molar-refractivity contribution in [3.05, 3.63) is 69.7 Å². The van der Waals surface area contributed by atoms with E-state index in [1.54, 1.807) is 6.92 Å². The summed E-state index contributed by atoms with van der Waals surface area (Å²) >= 11 is 7.52. The van der Waals surface area contributed by atoms with Gasteiger partial charge >= 0.3 is 5.97 Å². The molecule has 0 radical (unpaired) electrons. The Kier molecular flexibility index (Phi) is 5.57. The van der Waals surface area contributed by atoms with E-state index in [4.69, 9.17) is 16.3 Å². The van der Waals surface area contributed by atoms with Crippen molar-refractivity contribution >= 4 is 61.6 Å². The molecule has 0 aliphatic heterocycles. The minimum absolute atomic E-state index is 0.308. The van der Waals surface area contributed by atoms with E-state index in [0.717, 1.165) is 21.0 Å². The van der Waals surface area contributed by atoms with Gasteiger partial charge < -0.3 is 15.0 Å². The Bertz CT molecular complexity index is 1290. The number of para-hydroxylation sites is 1. The minimum Gasteiger partial charge on any atom is -0.456 e. The van der Waals surface area contributed by atoms with Crippen LogP contribution in [0.5, 0.6) is 0 Å². The van der Waals surface area contributed by atoms with Gasteiger partial charge in [-0.3, -0.25) is 14.4 Å². The number of ether oxygens (including phenoxy) is 1. The largest absolute Gasteiger partial charge is 0.456 e. The molecule has 8 heteroatoms. The third kappa shape index (κ3) is 3.81. The highest BCUT2D eigenvalue weighted by molar-refractivity contribution is 7.21. The van der Waals surface area contributed by atoms with Gasteiger partial charge in [0.15, 0.2) is 6.61 Å². The number of carbonyl (C=O) groups is 3. The molecule has 30 heavy (non-hydrogen) atoms. The monoisotopic (exact) mass is 440 g/mol. The maximum Gasteiger partial charge on any atom is 0.325 e. The fourth-order valence-corrected chi connectivity index (χ4v) is 4.73. The number of aromatic amines is 1. The number of rotatable bonds is 6. The Morgan fingerprint density at radius 2 is 1.77 bits per heavy atom. The van der Waals surface area contributed by atoms with Crippen molar-refractivity contribution in [2.75, 3.05) is 13.2 Å². The molecule has 4 aromatic rings. The highest BCUT2D eigenvalue weighted by Crippen LogP contribution is 2.34. The standard InChI is InChI=1S/C22H17ClN2O4S/c1-12-19(13-6-2-4-8-15(13)25-12)16(26)11-29-18(27)10-24-22(28)21-20(23)14-7-3-5-9-17(14)30-21/h2-9,25H,10-11H2,1H3,(H,24,28). The predicted molar refractivity (Wildman–Crippen MR) is 117 cm³/mol. The zero-order valence-electron chi connectivity index (χ0n) is 16.0. The van der Waals surface area contributed by atoms with E-state index in [1.165, 1.54) is 11.3 Å². The molecule has 0 aliphatic rings. The molecule has 2 N–H and O–H groups in total. The number of Topliss-reactive ketones (excluding diaryl/α,β-unsaturated/α-hetero) is 1. The molecular formula is C22H17ClN2O4S. The molecular weight excluding hydrogens is 424 g/mol. The van der Waals surface area contributed by atoms with Gasteiger partial charge in [-0.05, 0) is 19.1 Å². The first-order chi connectivity index (χ1) is 14.5. The zero-order chi connectivity index (χ0) is 21.3. The van der Waals surface area contributed by atoms with Gasteiger partial charge in [0, 0.05) is 32.2 Å². The third-order valence-corrected chi connectivity index (χ3v) is 6.35. The number of hydrogen-bond acceptors (Lipinski definition) is 5. The predicted octanol–water partition coefficient (Wildman–Crippen LogP) is 4.50. The summed E-state index contributed by atoms with van der Waals surface area (Å²) in [5.41, 5.74) is 2.06. The van der Waals surface area contributed by atoms with E-state index >= 15 is 0 Å². The summed E-state index contributed by atoms with van der Waals surface area (Å²) in [7, 11) is 0. The fraction of sp³-hybridized carbons (Fsp3) is 0.136. The molecule has 0 saturated carbocycles. The van der Waals surface area contributed by atoms with Crippen molar-refractivity contribution in [3.63, 3.8) is 0 Å². The number of thiophene rings is 1. The number of aromatic nitrogens is 1. The molecule has 0 spiro atoms. The molecule has 0 aliphatic carbocycles. The van der Waals surface area contributed by atoms with Gasteiger partial charge in [-0.2, -0.15) is 0 Å². The number of benzene rings is 2. The van der Waals surface area contributed by atoms with Crippen LogP contribution in [0.4, 0.5) is 0 Å². The van der Waals surface area contributed by atoms with Crippen LogP contribution in [0.15, 0.2) is 48.5 Å². The SMILES string of the molecule is Cc1[nH]c2ccccc2c1C(=O)COC(=O)CNC(=O)c1sc2ccccc2c1Cl. The van der Waals surface area contributed by atoms with Crippen LogP contribution in [-0.4, -0.2) is 35.8 Å². The lowest BCUT2D eigenvalue weighted by Crippen LogP contribution is -2.31. The summed E-state index contributed by atoms with van der Waals surface area (Å²) < 4.78 is 5.94. The maximum absolute atomic E-state index is 12.5. The van der Waals surface area contributed by atoms with Crippen LogP contribution in [0.25, 0.3) is 21.0 Å². The van der Waals surface area contributed by atoms with E-state index < -0.39 is 18.5 Å². The fourth-order valence-electron chi connectivity index (χ4n) is 3.30. The summed E-state index contributed by atoms with van der Waals surface area (Å²) in [4.78, 5) is 40.4. The Morgan fingerprint density at radius 3 is 2.53 bits per heavy atom. The number of carbonyl (C=O) groups excluding carboxylic acids is 3. The van der Waals surface area contributed by atoms with Crippen LogP contribution in [-0.2, 0) is 9.53 Å². The molecule has 152 valence electrons. The van der Waals surface area contributed by atoms with Gasteiger partial charge in [-0.25, -0.2) is 0 Å². The molecule has 4 rings (SSSR count). The quantitative estimate of drug-likeness (QED) is 0.341. The topological polar surface area (TPSA) is 88.3 Å². The number of halogens is 1. The van der Waals surface area contributed by atoms with Crippen molar-refractivity contribution in [2.45, 2.75) is 6.92 Å². The number of fused-ring (bicyclic) bond motifs is 2. The maximum atomic E-state index is 12.5. The molecule has 2 aromatic carbocycles. The Balaban J connectivity index is 1.35. The Morgan fingerprint density at radius 1 is 1.07 bits per heavy atom. The lowest BCUT2D eigenvalue weighted by molar-refractivity contribution is -0.141. The molecule has 6 nitrogen and oxygen atoms in total. The molecule has 0 fully saturated rings. The van der Waals surface area contributed by atoms with Crippen molar-refractivity contribution < 1.29 is 19.1 Å². The van der Waals surface area contributed by atoms with Gasteiger partial charge in [0.1, 0.15) is 11.4 Å². The van der Waals surface area contributed by atoms with Crippen molar-refractivity contribution in [1.29, 1.82) is 0 Å². The molecule has 0 bridgehead atoms. The molecule has 2 aromatic heterocycles. The Labute approximate surface area is 180 Å². The second-order valence-corrected chi connectivity index (χ2v) is 8.11. The number of ketones is 1. The number of nitrogens with one attached hydrogen (secondary N) is 2. The second kappa shape index (κ2) is 8.30. The van der Waals surface area contributed by atoms with Crippen LogP contribution in [0, 0.1) is 6.92 Å². The smallest absolute Gasteiger partial charge is 0.325 e. The van der Waals surface area contributed by atoms with Crippen molar-refractivity contribution in [1.82, 2.24) is 10.3 Å². The van der Waals surface area contributed by atoms with Crippen LogP contribution in [0.3, 0.4) is 0 Å². The van der Waals surface area contributed by atoms with Gasteiger partial charge in [-0.1, -0.05) is 48.0 Å². The van der Waals surface area contributed by atoms with E-state index in [0.29, 0.717) is 21.2 Å². The molecule has 0 atom stereocenters. The van der Waals surface area contributed by atoms with Crippen molar-refractivity contribution in [2.24, 2.45) is 0 Å². The van der Waals surface area contributed by atoms with Crippen LogP contribution >= 0.6 is 22.9 Å². The average Bonchev–Trinajstić information content (AvgIpc) is 3.26. The van der Waals surface area contributed by atoms with E-state index in [1.807, 2.05) is 48.5 Å². The van der Waals surface area contributed by atoms with Crippen molar-refractivity contribution in [3.8, 4) is 0 Å².